The predicted octanol–water partition coefficient (Wildman–Crippen LogP) is 0.634. The molecule has 0 aliphatic rings. The molecule has 3 aromatic rings. The number of pyridine rings is 1. The molecule has 1 amide bonds. The van der Waals surface area contributed by atoms with Crippen LogP contribution in [0.25, 0.3) is 21.8 Å². The largest absolute Gasteiger partial charge is 0.366 e. The third kappa shape index (κ3) is 1.98. The van der Waals surface area contributed by atoms with Crippen LogP contribution >= 0.6 is 0 Å². The molecular formula is C15H17N5O2. The van der Waals surface area contributed by atoms with Gasteiger partial charge in [0.15, 0.2) is 0 Å². The van der Waals surface area contributed by atoms with Crippen molar-refractivity contribution in [1.29, 1.82) is 0 Å². The first-order chi connectivity index (χ1) is 10.6. The van der Waals surface area contributed by atoms with Gasteiger partial charge in [-0.1, -0.05) is 6.07 Å². The number of aryl methyl sites for hydroxylation is 2. The summed E-state index contributed by atoms with van der Waals surface area (Å²) >= 11 is 0. The Kier molecular flexibility index (Phi) is 3.42. The summed E-state index contributed by atoms with van der Waals surface area (Å²) in [5.41, 5.74) is 13.1. The Labute approximate surface area is 125 Å². The molecule has 0 spiro atoms. The summed E-state index contributed by atoms with van der Waals surface area (Å²) in [4.78, 5) is 24.5. The summed E-state index contributed by atoms with van der Waals surface area (Å²) < 4.78 is 1.64. The number of primary amides is 1. The fourth-order valence-electron chi connectivity index (χ4n) is 2.81. The molecule has 0 saturated carbocycles. The van der Waals surface area contributed by atoms with E-state index in [0.29, 0.717) is 52.6 Å². The zero-order valence-corrected chi connectivity index (χ0v) is 12.2. The summed E-state index contributed by atoms with van der Waals surface area (Å²) in [6.45, 7) is 2.74. The van der Waals surface area contributed by atoms with E-state index in [1.165, 1.54) is 0 Å². The minimum atomic E-state index is -0.545. The average Bonchev–Trinajstić information content (AvgIpc) is 2.88. The van der Waals surface area contributed by atoms with Crippen LogP contribution in [0.3, 0.4) is 0 Å². The third-order valence-corrected chi connectivity index (χ3v) is 3.83. The maximum absolute atomic E-state index is 12.8. The molecule has 0 aliphatic carbocycles. The first-order valence-corrected chi connectivity index (χ1v) is 7.06. The van der Waals surface area contributed by atoms with E-state index in [0.717, 1.165) is 0 Å². The number of nitrogens with two attached hydrogens (primary N) is 2. The highest BCUT2D eigenvalue weighted by molar-refractivity contribution is 6.15. The van der Waals surface area contributed by atoms with Crippen molar-refractivity contribution in [2.75, 3.05) is 6.54 Å². The van der Waals surface area contributed by atoms with Crippen LogP contribution in [-0.4, -0.2) is 27.2 Å². The minimum Gasteiger partial charge on any atom is -0.366 e. The number of benzene rings is 1. The van der Waals surface area contributed by atoms with Crippen molar-refractivity contribution in [3.63, 3.8) is 0 Å². The second kappa shape index (κ2) is 5.27. The van der Waals surface area contributed by atoms with Crippen molar-refractivity contribution in [3.8, 4) is 0 Å². The molecule has 0 saturated heterocycles. The zero-order valence-electron chi connectivity index (χ0n) is 12.2. The number of carbonyl (C=O) groups excluding carboxylic acids is 1. The lowest BCUT2D eigenvalue weighted by Crippen LogP contribution is -2.23. The summed E-state index contributed by atoms with van der Waals surface area (Å²) in [7, 11) is 0. The first-order valence-electron chi connectivity index (χ1n) is 7.06. The molecule has 0 atom stereocenters. The maximum Gasteiger partial charge on any atom is 0.262 e. The van der Waals surface area contributed by atoms with Crippen molar-refractivity contribution in [2.24, 2.45) is 11.5 Å². The second-order valence-corrected chi connectivity index (χ2v) is 5.24. The van der Waals surface area contributed by atoms with Crippen LogP contribution in [0.5, 0.6) is 0 Å². The lowest BCUT2D eigenvalue weighted by atomic mass is 10.0. The van der Waals surface area contributed by atoms with E-state index in [1.807, 2.05) is 0 Å². The highest BCUT2D eigenvalue weighted by Gasteiger charge is 2.19. The Hall–Kier alpha value is -2.67. The van der Waals surface area contributed by atoms with Crippen molar-refractivity contribution in [1.82, 2.24) is 14.8 Å². The van der Waals surface area contributed by atoms with E-state index in [-0.39, 0.29) is 5.56 Å². The lowest BCUT2D eigenvalue weighted by Gasteiger charge is -2.12. The van der Waals surface area contributed by atoms with Crippen LogP contribution < -0.4 is 17.0 Å². The Bertz CT molecular complexity index is 938. The number of hydrogen-bond donors (Lipinski definition) is 3. The van der Waals surface area contributed by atoms with Crippen LogP contribution in [0.1, 0.15) is 22.5 Å². The van der Waals surface area contributed by atoms with Gasteiger partial charge in [0, 0.05) is 17.6 Å². The normalized spacial score (nSPS) is 11.4. The van der Waals surface area contributed by atoms with Crippen molar-refractivity contribution in [2.45, 2.75) is 19.9 Å². The van der Waals surface area contributed by atoms with Crippen LogP contribution in [0.4, 0.5) is 0 Å². The molecule has 1 aromatic carbocycles. The summed E-state index contributed by atoms with van der Waals surface area (Å²) in [5.74, 6) is -0.545. The van der Waals surface area contributed by atoms with Gasteiger partial charge < -0.3 is 16.0 Å². The SMILES string of the molecule is Cc1[nH]nc2c1c(=O)n(CCCN)c1cccc(C(N)=O)c21. The van der Waals surface area contributed by atoms with Gasteiger partial charge >= 0.3 is 0 Å². The van der Waals surface area contributed by atoms with Gasteiger partial charge in [-0.3, -0.25) is 14.7 Å². The molecular weight excluding hydrogens is 282 g/mol. The molecule has 22 heavy (non-hydrogen) atoms. The molecule has 114 valence electrons. The number of nitrogens with zero attached hydrogens (tertiary/aromatic N) is 2. The molecule has 0 radical (unpaired) electrons. The van der Waals surface area contributed by atoms with Crippen LogP contribution in [0, 0.1) is 6.92 Å². The number of fused-ring (bicyclic) bond motifs is 3. The summed E-state index contributed by atoms with van der Waals surface area (Å²) in [6, 6.07) is 5.15. The summed E-state index contributed by atoms with van der Waals surface area (Å²) in [5, 5.41) is 8.11. The Morgan fingerprint density at radius 2 is 2.14 bits per heavy atom. The molecule has 0 bridgehead atoms. The quantitative estimate of drug-likeness (QED) is 0.654. The number of rotatable bonds is 4. The topological polar surface area (TPSA) is 120 Å². The van der Waals surface area contributed by atoms with E-state index in [1.54, 1.807) is 29.7 Å². The van der Waals surface area contributed by atoms with E-state index < -0.39 is 5.91 Å². The molecule has 0 aliphatic heterocycles. The van der Waals surface area contributed by atoms with Crippen LogP contribution in [0.2, 0.25) is 0 Å². The highest BCUT2D eigenvalue weighted by Crippen LogP contribution is 2.26. The number of aromatic nitrogens is 3. The molecule has 2 heterocycles. The van der Waals surface area contributed by atoms with Crippen LogP contribution in [-0.2, 0) is 6.54 Å². The second-order valence-electron chi connectivity index (χ2n) is 5.24. The Balaban J connectivity index is 2.54. The average molecular weight is 299 g/mol. The molecule has 0 fully saturated rings. The Morgan fingerprint density at radius 3 is 2.82 bits per heavy atom. The van der Waals surface area contributed by atoms with E-state index in [9.17, 15) is 9.59 Å². The van der Waals surface area contributed by atoms with Gasteiger partial charge in [-0.05, 0) is 32.0 Å². The van der Waals surface area contributed by atoms with Crippen molar-refractivity contribution < 1.29 is 4.79 Å². The number of carbonyl (C=O) groups is 1. The zero-order chi connectivity index (χ0) is 15.9. The third-order valence-electron chi connectivity index (χ3n) is 3.83. The van der Waals surface area contributed by atoms with Crippen LogP contribution in [0.15, 0.2) is 23.0 Å². The van der Waals surface area contributed by atoms with E-state index in [2.05, 4.69) is 10.2 Å². The molecule has 7 heteroatoms. The number of hydrogen-bond acceptors (Lipinski definition) is 4. The maximum atomic E-state index is 12.8. The number of H-pyrrole nitrogens is 1. The smallest absolute Gasteiger partial charge is 0.262 e. The van der Waals surface area contributed by atoms with Gasteiger partial charge in [-0.25, -0.2) is 0 Å². The van der Waals surface area contributed by atoms with Gasteiger partial charge in [0.2, 0.25) is 5.91 Å². The number of aromatic amines is 1. The molecule has 5 N–H and O–H groups in total. The fourth-order valence-corrected chi connectivity index (χ4v) is 2.81. The minimum absolute atomic E-state index is 0.135. The number of amides is 1. The number of nitrogens with one attached hydrogen (secondary N) is 1. The van der Waals surface area contributed by atoms with Gasteiger partial charge in [0.25, 0.3) is 5.56 Å². The van der Waals surface area contributed by atoms with Crippen molar-refractivity contribution in [3.05, 3.63) is 39.8 Å². The predicted molar refractivity (Wildman–Crippen MR) is 84.8 cm³/mol. The Morgan fingerprint density at radius 1 is 1.36 bits per heavy atom. The van der Waals surface area contributed by atoms with Gasteiger partial charge in [0.1, 0.15) is 5.52 Å². The van der Waals surface area contributed by atoms with E-state index in [4.69, 9.17) is 11.5 Å². The van der Waals surface area contributed by atoms with E-state index >= 15 is 0 Å². The summed E-state index contributed by atoms with van der Waals surface area (Å²) in [6.07, 6.45) is 0.665. The van der Waals surface area contributed by atoms with Gasteiger partial charge in [-0.2, -0.15) is 5.10 Å². The molecule has 2 aromatic heterocycles. The molecule has 3 rings (SSSR count). The molecule has 0 unspecified atom stereocenters. The van der Waals surface area contributed by atoms with Crippen molar-refractivity contribution >= 4 is 27.7 Å². The monoisotopic (exact) mass is 299 g/mol. The standard InChI is InChI=1S/C15H17N5O2/c1-8-11-13(19-18-8)12-9(14(17)21)4-2-5-10(12)20(15(11)22)7-3-6-16/h2,4-5H,3,6-7,16H2,1H3,(H2,17,21)(H,18,19). The fraction of sp³-hybridized carbons (Fsp3) is 0.267. The van der Waals surface area contributed by atoms with Gasteiger partial charge in [0.05, 0.1) is 16.5 Å². The lowest BCUT2D eigenvalue weighted by molar-refractivity contribution is 0.100. The first kappa shape index (κ1) is 14.3. The highest BCUT2D eigenvalue weighted by atomic mass is 16.1. The molecule has 7 nitrogen and oxygen atoms in total. The van der Waals surface area contributed by atoms with Gasteiger partial charge in [-0.15, -0.1) is 0 Å².